The zero-order valence-electron chi connectivity index (χ0n) is 29.5. The van der Waals surface area contributed by atoms with E-state index in [0.717, 1.165) is 28.5 Å². The molecule has 3 heterocycles. The predicted octanol–water partition coefficient (Wildman–Crippen LogP) is 13.7. The van der Waals surface area contributed by atoms with E-state index in [2.05, 4.69) is 194 Å². The lowest BCUT2D eigenvalue weighted by atomic mass is 9.82. The molecule has 0 saturated carbocycles. The fourth-order valence-corrected chi connectivity index (χ4v) is 10.3. The molecular weight excluding hydrogens is 665 g/mol. The molecule has 53 heavy (non-hydrogen) atoms. The van der Waals surface area contributed by atoms with Crippen molar-refractivity contribution in [3.8, 4) is 28.0 Å². The van der Waals surface area contributed by atoms with Crippen molar-refractivity contribution in [3.05, 3.63) is 191 Å². The van der Waals surface area contributed by atoms with Gasteiger partial charge in [0.1, 0.15) is 11.8 Å². The summed E-state index contributed by atoms with van der Waals surface area (Å²) in [7, 11) is 0. The molecule has 0 radical (unpaired) electrons. The smallest absolute Gasteiger partial charge is 0.160 e. The fourth-order valence-electron chi connectivity index (χ4n) is 9.06. The Hall–Kier alpha value is -6.10. The van der Waals surface area contributed by atoms with Crippen LogP contribution in [0.25, 0.3) is 32.3 Å². The van der Waals surface area contributed by atoms with E-state index in [9.17, 15) is 0 Å². The molecule has 0 bridgehead atoms. The summed E-state index contributed by atoms with van der Waals surface area (Å²) in [6.07, 6.45) is -0.0296. The molecular formula is C49H36N2OS. The van der Waals surface area contributed by atoms with E-state index in [0.29, 0.717) is 0 Å². The number of nitrogens with zero attached hydrogens (tertiary/aromatic N) is 2. The first kappa shape index (κ1) is 30.5. The van der Waals surface area contributed by atoms with Crippen molar-refractivity contribution in [2.24, 2.45) is 0 Å². The molecule has 1 aliphatic carbocycles. The van der Waals surface area contributed by atoms with Gasteiger partial charge < -0.3 is 14.5 Å². The molecule has 0 amide bonds. The highest BCUT2D eigenvalue weighted by Gasteiger charge is 2.49. The molecule has 0 spiro atoms. The SMILES string of the molecule is CC1(C)c2ccccc2-c2ccc(N(c3ccc(-c4ccccc4)cc3)c3ccc(N4c5c(sc6ccccc56)C5Oc6ccccc6C54)cc3)cc21. The Morgan fingerprint density at radius 2 is 1.23 bits per heavy atom. The Morgan fingerprint density at radius 3 is 2.06 bits per heavy atom. The van der Waals surface area contributed by atoms with Crippen molar-refractivity contribution >= 4 is 49.9 Å². The lowest BCUT2D eigenvalue weighted by Gasteiger charge is -2.30. The van der Waals surface area contributed by atoms with Crippen LogP contribution < -0.4 is 14.5 Å². The van der Waals surface area contributed by atoms with Crippen molar-refractivity contribution in [1.29, 1.82) is 0 Å². The van der Waals surface area contributed by atoms with Crippen LogP contribution in [0.3, 0.4) is 0 Å². The number of anilines is 5. The fraction of sp³-hybridized carbons (Fsp3) is 0.102. The second-order valence-corrected chi connectivity index (χ2v) is 16.0. The predicted molar refractivity (Wildman–Crippen MR) is 221 cm³/mol. The monoisotopic (exact) mass is 700 g/mol. The van der Waals surface area contributed by atoms with E-state index in [1.807, 2.05) is 11.3 Å². The van der Waals surface area contributed by atoms with Gasteiger partial charge in [-0.1, -0.05) is 123 Å². The van der Waals surface area contributed by atoms with Crippen LogP contribution in [0.15, 0.2) is 170 Å². The molecule has 7 aromatic carbocycles. The van der Waals surface area contributed by atoms with Crippen LogP contribution in [-0.4, -0.2) is 0 Å². The van der Waals surface area contributed by atoms with Crippen molar-refractivity contribution < 1.29 is 4.74 Å². The Kier molecular flexibility index (Phi) is 6.59. The quantitative estimate of drug-likeness (QED) is 0.178. The maximum Gasteiger partial charge on any atom is 0.160 e. The molecule has 8 aromatic rings. The van der Waals surface area contributed by atoms with Crippen LogP contribution in [-0.2, 0) is 5.41 Å². The zero-order chi connectivity index (χ0) is 35.3. The molecule has 2 atom stereocenters. The minimum atomic E-state index is -0.0956. The number of rotatable bonds is 5. The van der Waals surface area contributed by atoms with Gasteiger partial charge in [0.2, 0.25) is 0 Å². The number of fused-ring (bicyclic) bond motifs is 10. The number of thiophene rings is 1. The summed E-state index contributed by atoms with van der Waals surface area (Å²) in [5, 5.41) is 1.29. The molecule has 0 fully saturated rings. The third kappa shape index (κ3) is 4.52. The zero-order valence-corrected chi connectivity index (χ0v) is 30.3. The molecule has 3 aliphatic rings. The van der Waals surface area contributed by atoms with E-state index < -0.39 is 0 Å². The molecule has 0 saturated heterocycles. The Morgan fingerprint density at radius 1 is 0.585 bits per heavy atom. The Balaban J connectivity index is 1.04. The Labute approximate surface area is 314 Å². The molecule has 1 aromatic heterocycles. The first-order valence-corrected chi connectivity index (χ1v) is 19.2. The first-order chi connectivity index (χ1) is 26.0. The lowest BCUT2D eigenvalue weighted by Crippen LogP contribution is -2.20. The minimum Gasteiger partial charge on any atom is -0.482 e. The number of hydrogen-bond donors (Lipinski definition) is 0. The van der Waals surface area contributed by atoms with E-state index >= 15 is 0 Å². The second-order valence-electron chi connectivity index (χ2n) is 14.9. The molecule has 0 N–H and O–H groups in total. The summed E-state index contributed by atoms with van der Waals surface area (Å²) < 4.78 is 7.99. The van der Waals surface area contributed by atoms with Crippen LogP contribution in [0.1, 0.15) is 47.6 Å². The number of hydrogen-bond acceptors (Lipinski definition) is 4. The maximum atomic E-state index is 6.70. The highest BCUT2D eigenvalue weighted by molar-refractivity contribution is 7.20. The molecule has 2 aliphatic heterocycles. The van der Waals surface area contributed by atoms with Gasteiger partial charge in [-0.2, -0.15) is 0 Å². The molecule has 2 unspecified atom stereocenters. The Bertz CT molecular complexity index is 2690. The topological polar surface area (TPSA) is 15.7 Å². The molecule has 4 heteroatoms. The van der Waals surface area contributed by atoms with Crippen molar-refractivity contribution in [2.45, 2.75) is 31.4 Å². The van der Waals surface area contributed by atoms with Crippen molar-refractivity contribution in [1.82, 2.24) is 0 Å². The van der Waals surface area contributed by atoms with Gasteiger partial charge in [-0.15, -0.1) is 11.3 Å². The van der Waals surface area contributed by atoms with Crippen LogP contribution in [0.2, 0.25) is 0 Å². The average molecular weight is 701 g/mol. The van der Waals surface area contributed by atoms with Gasteiger partial charge in [-0.3, -0.25) is 0 Å². The summed E-state index contributed by atoms with van der Waals surface area (Å²) in [5.41, 5.74) is 14.8. The summed E-state index contributed by atoms with van der Waals surface area (Å²) >= 11 is 1.86. The van der Waals surface area contributed by atoms with Gasteiger partial charge in [0.25, 0.3) is 0 Å². The average Bonchev–Trinajstić information content (AvgIpc) is 3.92. The van der Waals surface area contributed by atoms with E-state index in [4.69, 9.17) is 4.74 Å². The third-order valence-electron chi connectivity index (χ3n) is 11.6. The van der Waals surface area contributed by atoms with Crippen LogP contribution in [0.4, 0.5) is 28.4 Å². The molecule has 3 nitrogen and oxygen atoms in total. The summed E-state index contributed by atoms with van der Waals surface area (Å²) in [6.45, 7) is 4.71. The summed E-state index contributed by atoms with van der Waals surface area (Å²) in [6, 6.07) is 62.1. The van der Waals surface area contributed by atoms with Gasteiger partial charge in [0, 0.05) is 43.8 Å². The van der Waals surface area contributed by atoms with Crippen LogP contribution in [0.5, 0.6) is 5.75 Å². The van der Waals surface area contributed by atoms with E-state index in [1.54, 1.807) is 0 Å². The van der Waals surface area contributed by atoms with Crippen molar-refractivity contribution in [2.75, 3.05) is 9.80 Å². The van der Waals surface area contributed by atoms with E-state index in [1.165, 1.54) is 59.6 Å². The second kappa shape index (κ2) is 11.4. The minimum absolute atomic E-state index is 0.0296. The van der Waals surface area contributed by atoms with Gasteiger partial charge >= 0.3 is 0 Å². The summed E-state index contributed by atoms with van der Waals surface area (Å²) in [4.78, 5) is 6.24. The first-order valence-electron chi connectivity index (χ1n) is 18.4. The van der Waals surface area contributed by atoms with Gasteiger partial charge in [-0.05, 0) is 94.0 Å². The molecule has 11 rings (SSSR count). The van der Waals surface area contributed by atoms with E-state index in [-0.39, 0.29) is 17.6 Å². The normalized spacial score (nSPS) is 17.1. The van der Waals surface area contributed by atoms with Crippen molar-refractivity contribution in [3.63, 3.8) is 0 Å². The van der Waals surface area contributed by atoms with Gasteiger partial charge in [-0.25, -0.2) is 0 Å². The summed E-state index contributed by atoms with van der Waals surface area (Å²) in [5.74, 6) is 0.985. The standard InChI is InChI=1S/C49H36N2OS/c1-49(2)41-17-9-6-14-37(41)38-29-28-36(30-42(38)49)50(33-22-20-32(21-23-33)31-12-4-3-5-13-31)34-24-26-35(27-25-34)51-45-39-15-7-10-18-43(39)52-47(45)48-46(51)40-16-8-11-19-44(40)53-48/h3-30,45,47H,1-2H3. The number of benzene rings is 7. The highest BCUT2D eigenvalue weighted by Crippen LogP contribution is 2.63. The molecule has 254 valence electrons. The highest BCUT2D eigenvalue weighted by atomic mass is 32.1. The number of ether oxygens (including phenoxy) is 1. The number of para-hydroxylation sites is 1. The van der Waals surface area contributed by atoms with Gasteiger partial charge in [0.15, 0.2) is 6.10 Å². The largest absolute Gasteiger partial charge is 0.482 e. The van der Waals surface area contributed by atoms with Crippen LogP contribution >= 0.6 is 11.3 Å². The van der Waals surface area contributed by atoms with Crippen LogP contribution in [0, 0.1) is 0 Å². The maximum absolute atomic E-state index is 6.70. The lowest BCUT2D eigenvalue weighted by molar-refractivity contribution is 0.226. The van der Waals surface area contributed by atoms with Gasteiger partial charge in [0.05, 0.1) is 10.6 Å². The third-order valence-corrected chi connectivity index (χ3v) is 12.8.